The number of nitro groups is 1. The van der Waals surface area contributed by atoms with E-state index >= 15 is 0 Å². The van der Waals surface area contributed by atoms with Gasteiger partial charge in [-0.2, -0.15) is 0 Å². The van der Waals surface area contributed by atoms with Gasteiger partial charge in [0.15, 0.2) is 10.9 Å². The minimum Gasteiger partial charge on any atom is -0.383 e. The van der Waals surface area contributed by atoms with E-state index in [1.54, 1.807) is 0 Å². The summed E-state index contributed by atoms with van der Waals surface area (Å²) in [5, 5.41) is 11.3. The van der Waals surface area contributed by atoms with Gasteiger partial charge in [-0.25, -0.2) is 9.97 Å². The normalized spacial score (nSPS) is 10.3. The molecule has 0 aliphatic carbocycles. The van der Waals surface area contributed by atoms with Crippen LogP contribution in [0.3, 0.4) is 0 Å². The van der Waals surface area contributed by atoms with Crippen LogP contribution in [0.1, 0.15) is 17.3 Å². The second-order valence-electron chi connectivity index (χ2n) is 4.10. The van der Waals surface area contributed by atoms with Gasteiger partial charge in [0, 0.05) is 17.7 Å². The number of nitrogens with two attached hydrogens (primary N) is 2. The quantitative estimate of drug-likeness (QED) is 0.378. The van der Waals surface area contributed by atoms with Crippen LogP contribution < -0.4 is 11.5 Å². The van der Waals surface area contributed by atoms with Gasteiger partial charge in [0.1, 0.15) is 11.6 Å². The number of nitrogen functional groups attached to an aromatic ring is 2. The van der Waals surface area contributed by atoms with Crippen molar-refractivity contribution < 1.29 is 9.72 Å². The first-order valence-electron chi connectivity index (χ1n) is 5.74. The van der Waals surface area contributed by atoms with Crippen molar-refractivity contribution in [3.8, 4) is 0 Å². The Balaban J connectivity index is 2.43. The summed E-state index contributed by atoms with van der Waals surface area (Å²) in [6, 6.07) is 5.59. The summed E-state index contributed by atoms with van der Waals surface area (Å²) in [6.45, 7) is 1.34. The van der Waals surface area contributed by atoms with Gasteiger partial charge in [-0.05, 0) is 30.8 Å². The minimum atomic E-state index is -0.565. The molecule has 2 aromatic rings. The van der Waals surface area contributed by atoms with Crippen molar-refractivity contribution in [2.75, 3.05) is 11.5 Å². The minimum absolute atomic E-state index is 0.174. The van der Waals surface area contributed by atoms with Crippen LogP contribution in [0.4, 0.5) is 17.3 Å². The molecule has 4 N–H and O–H groups in total. The van der Waals surface area contributed by atoms with Crippen LogP contribution in [0.2, 0.25) is 0 Å². The monoisotopic (exact) mass is 305 g/mol. The lowest BCUT2D eigenvalue weighted by Gasteiger charge is -2.05. The Labute approximate surface area is 123 Å². The van der Waals surface area contributed by atoms with E-state index in [9.17, 15) is 14.9 Å². The van der Waals surface area contributed by atoms with Crippen LogP contribution in [-0.2, 0) is 0 Å². The van der Waals surface area contributed by atoms with E-state index in [1.165, 1.54) is 31.2 Å². The van der Waals surface area contributed by atoms with Gasteiger partial charge in [0.05, 0.1) is 9.82 Å². The number of nitro benzene ring substituents is 1. The predicted octanol–water partition coefficient (Wildman–Crippen LogP) is 1.90. The molecule has 21 heavy (non-hydrogen) atoms. The Bertz CT molecular complexity index is 715. The molecule has 0 bridgehead atoms. The van der Waals surface area contributed by atoms with Crippen LogP contribution >= 0.6 is 11.8 Å². The van der Waals surface area contributed by atoms with E-state index in [-0.39, 0.29) is 33.8 Å². The molecule has 0 atom stereocenters. The molecule has 0 aliphatic heterocycles. The molecule has 0 saturated carbocycles. The highest BCUT2D eigenvalue weighted by Crippen LogP contribution is 2.34. The number of nitrogens with zero attached hydrogens (tertiary/aromatic N) is 3. The zero-order valence-corrected chi connectivity index (χ0v) is 11.8. The fourth-order valence-corrected chi connectivity index (χ4v) is 2.44. The standard InChI is InChI=1S/C12H11N5O3S/c1-6(18)7-2-3-9(8(4-7)17(19)20)21-12-15-10(13)5-11(14)16-12/h2-5H,1H3,(H4,13,14,15,16). The molecule has 0 amide bonds. The highest BCUT2D eigenvalue weighted by molar-refractivity contribution is 7.99. The van der Waals surface area contributed by atoms with E-state index in [4.69, 9.17) is 11.5 Å². The molecule has 8 nitrogen and oxygen atoms in total. The van der Waals surface area contributed by atoms with Gasteiger partial charge in [0.25, 0.3) is 5.69 Å². The van der Waals surface area contributed by atoms with Crippen LogP contribution in [0.15, 0.2) is 34.3 Å². The summed E-state index contributed by atoms with van der Waals surface area (Å²) in [4.78, 5) is 30.0. The maximum Gasteiger partial charge on any atom is 0.284 e. The number of hydrogen-bond acceptors (Lipinski definition) is 8. The first kappa shape index (κ1) is 14.7. The molecule has 0 unspecified atom stereocenters. The Morgan fingerprint density at radius 1 is 1.24 bits per heavy atom. The second-order valence-corrected chi connectivity index (χ2v) is 5.11. The summed E-state index contributed by atoms with van der Waals surface area (Å²) >= 11 is 0.956. The third-order valence-electron chi connectivity index (χ3n) is 2.51. The van der Waals surface area contributed by atoms with Crippen molar-refractivity contribution in [2.45, 2.75) is 17.0 Å². The Morgan fingerprint density at radius 3 is 2.38 bits per heavy atom. The molecule has 9 heteroatoms. The van der Waals surface area contributed by atoms with E-state index in [2.05, 4.69) is 9.97 Å². The fraction of sp³-hybridized carbons (Fsp3) is 0.0833. The lowest BCUT2D eigenvalue weighted by molar-refractivity contribution is -0.387. The average molecular weight is 305 g/mol. The third kappa shape index (κ3) is 3.45. The number of rotatable bonds is 4. The van der Waals surface area contributed by atoms with Crippen molar-refractivity contribution >= 4 is 34.9 Å². The number of benzene rings is 1. The fourth-order valence-electron chi connectivity index (χ4n) is 1.57. The average Bonchev–Trinajstić information content (AvgIpc) is 2.37. The zero-order chi connectivity index (χ0) is 15.6. The Kier molecular flexibility index (Phi) is 4.03. The van der Waals surface area contributed by atoms with Crippen molar-refractivity contribution in [3.63, 3.8) is 0 Å². The summed E-state index contributed by atoms with van der Waals surface area (Å²) in [5.41, 5.74) is 11.2. The van der Waals surface area contributed by atoms with Crippen molar-refractivity contribution in [1.82, 2.24) is 9.97 Å². The number of carbonyl (C=O) groups excluding carboxylic acids is 1. The molecular weight excluding hydrogens is 294 g/mol. The van der Waals surface area contributed by atoms with E-state index in [1.807, 2.05) is 0 Å². The smallest absolute Gasteiger partial charge is 0.284 e. The number of ketones is 1. The summed E-state index contributed by atoms with van der Waals surface area (Å²) in [5.74, 6) is 0.0973. The van der Waals surface area contributed by atoms with Crippen molar-refractivity contribution in [2.24, 2.45) is 0 Å². The number of anilines is 2. The Morgan fingerprint density at radius 2 is 1.86 bits per heavy atom. The van der Waals surface area contributed by atoms with Gasteiger partial charge < -0.3 is 11.5 Å². The van der Waals surface area contributed by atoms with E-state index in [0.717, 1.165) is 11.8 Å². The predicted molar refractivity (Wildman–Crippen MR) is 78.1 cm³/mol. The lowest BCUT2D eigenvalue weighted by atomic mass is 10.1. The first-order valence-corrected chi connectivity index (χ1v) is 6.55. The van der Waals surface area contributed by atoms with E-state index in [0.29, 0.717) is 4.90 Å². The molecule has 1 aromatic carbocycles. The van der Waals surface area contributed by atoms with Gasteiger partial charge >= 0.3 is 0 Å². The van der Waals surface area contributed by atoms with Gasteiger partial charge in [0.2, 0.25) is 0 Å². The van der Waals surface area contributed by atoms with Crippen molar-refractivity contribution in [1.29, 1.82) is 0 Å². The highest BCUT2D eigenvalue weighted by Gasteiger charge is 2.18. The Hall–Kier alpha value is -2.68. The number of carbonyl (C=O) groups is 1. The molecule has 1 aromatic heterocycles. The van der Waals surface area contributed by atoms with Crippen LogP contribution in [0.25, 0.3) is 0 Å². The molecule has 0 spiro atoms. The van der Waals surface area contributed by atoms with Crippen molar-refractivity contribution in [3.05, 3.63) is 39.9 Å². The first-order chi connectivity index (χ1) is 9.86. The van der Waals surface area contributed by atoms with Crippen LogP contribution in [0, 0.1) is 10.1 Å². The summed E-state index contributed by atoms with van der Waals surface area (Å²) in [7, 11) is 0. The summed E-state index contributed by atoms with van der Waals surface area (Å²) in [6.07, 6.45) is 0. The molecular formula is C12H11N5O3S. The summed E-state index contributed by atoms with van der Waals surface area (Å²) < 4.78 is 0. The molecule has 1 heterocycles. The molecule has 108 valence electrons. The maximum absolute atomic E-state index is 11.3. The van der Waals surface area contributed by atoms with Gasteiger partial charge in [-0.15, -0.1) is 0 Å². The molecule has 0 saturated heterocycles. The number of aromatic nitrogens is 2. The van der Waals surface area contributed by atoms with Crippen LogP contribution in [-0.4, -0.2) is 20.7 Å². The largest absolute Gasteiger partial charge is 0.383 e. The maximum atomic E-state index is 11.3. The molecule has 0 fully saturated rings. The SMILES string of the molecule is CC(=O)c1ccc(Sc2nc(N)cc(N)n2)c([N+](=O)[O-])c1. The molecule has 0 radical (unpaired) electrons. The zero-order valence-electron chi connectivity index (χ0n) is 10.9. The van der Waals surface area contributed by atoms with Crippen LogP contribution in [0.5, 0.6) is 0 Å². The topological polar surface area (TPSA) is 138 Å². The third-order valence-corrected chi connectivity index (χ3v) is 3.44. The number of hydrogen-bond donors (Lipinski definition) is 2. The molecule has 0 aliphatic rings. The number of Topliss-reactive ketones (excluding diaryl/α,β-unsaturated/α-hetero) is 1. The lowest BCUT2D eigenvalue weighted by Crippen LogP contribution is -2.00. The van der Waals surface area contributed by atoms with Gasteiger partial charge in [-0.3, -0.25) is 14.9 Å². The van der Waals surface area contributed by atoms with E-state index < -0.39 is 4.92 Å². The highest BCUT2D eigenvalue weighted by atomic mass is 32.2. The molecule has 2 rings (SSSR count). The van der Waals surface area contributed by atoms with Gasteiger partial charge in [-0.1, -0.05) is 0 Å². The second kappa shape index (κ2) is 5.75.